The van der Waals surface area contributed by atoms with Crippen LogP contribution in [-0.2, 0) is 9.59 Å². The molecule has 0 saturated carbocycles. The van der Waals surface area contributed by atoms with Gasteiger partial charge in [-0.05, 0) is 44.4 Å². The van der Waals surface area contributed by atoms with Gasteiger partial charge in [-0.25, -0.2) is 0 Å². The summed E-state index contributed by atoms with van der Waals surface area (Å²) in [6.45, 7) is 8.05. The third-order valence-corrected chi connectivity index (χ3v) is 5.10. The summed E-state index contributed by atoms with van der Waals surface area (Å²) in [5, 5.41) is 37.8. The van der Waals surface area contributed by atoms with E-state index in [2.05, 4.69) is 27.8 Å². The van der Waals surface area contributed by atoms with E-state index in [1.165, 1.54) is 0 Å². The highest BCUT2D eigenvalue weighted by Gasteiger charge is 2.29. The van der Waals surface area contributed by atoms with Gasteiger partial charge in [-0.3, -0.25) is 15.0 Å². The Hall–Kier alpha value is -2.07. The van der Waals surface area contributed by atoms with Crippen LogP contribution in [0.3, 0.4) is 0 Å². The van der Waals surface area contributed by atoms with Crippen molar-refractivity contribution in [3.63, 3.8) is 0 Å². The fourth-order valence-electron chi connectivity index (χ4n) is 3.29. The van der Waals surface area contributed by atoms with Crippen LogP contribution in [0.25, 0.3) is 0 Å². The predicted molar refractivity (Wildman–Crippen MR) is 130 cm³/mol. The van der Waals surface area contributed by atoms with Crippen molar-refractivity contribution in [1.29, 1.82) is 5.41 Å². The first-order valence-corrected chi connectivity index (χ1v) is 11.8. The van der Waals surface area contributed by atoms with Gasteiger partial charge < -0.3 is 31.3 Å². The molecule has 0 aliphatic rings. The highest BCUT2D eigenvalue weighted by atomic mass is 16.4. The van der Waals surface area contributed by atoms with Crippen LogP contribution >= 0.6 is 0 Å². The van der Waals surface area contributed by atoms with Gasteiger partial charge in [0.15, 0.2) is 5.96 Å². The fraction of sp³-hybridized carbons (Fsp3) is 0.773. The molecule has 10 heteroatoms. The van der Waals surface area contributed by atoms with Crippen molar-refractivity contribution in [2.45, 2.75) is 90.0 Å². The molecule has 0 heterocycles. The van der Waals surface area contributed by atoms with Gasteiger partial charge in [0.05, 0.1) is 5.94 Å². The molecule has 32 heavy (non-hydrogen) atoms. The van der Waals surface area contributed by atoms with Crippen molar-refractivity contribution >= 4 is 24.9 Å². The second kappa shape index (κ2) is 18.5. The third-order valence-electron chi connectivity index (χ3n) is 5.10. The van der Waals surface area contributed by atoms with Crippen LogP contribution in [-0.4, -0.2) is 60.5 Å². The van der Waals surface area contributed by atoms with E-state index in [4.69, 9.17) is 5.41 Å². The van der Waals surface area contributed by atoms with Gasteiger partial charge in [-0.15, -0.1) is 6.58 Å². The number of guanidine groups is 1. The number of nitrogens with one attached hydrogen (secondary N) is 5. The van der Waals surface area contributed by atoms with Gasteiger partial charge in [0.2, 0.25) is 11.8 Å². The third kappa shape index (κ3) is 15.7. The van der Waals surface area contributed by atoms with Crippen LogP contribution in [0, 0.1) is 11.3 Å². The summed E-state index contributed by atoms with van der Waals surface area (Å²) in [5.74, 6) is -1.06. The molecule has 0 aromatic heterocycles. The van der Waals surface area contributed by atoms with E-state index in [0.29, 0.717) is 32.2 Å². The Kier molecular flexibility index (Phi) is 17.3. The van der Waals surface area contributed by atoms with E-state index in [1.807, 2.05) is 19.9 Å². The summed E-state index contributed by atoms with van der Waals surface area (Å²) < 4.78 is 0. The lowest BCUT2D eigenvalue weighted by atomic mass is 9.75. The minimum absolute atomic E-state index is 0.165. The number of unbranched alkanes of at least 4 members (excludes halogenated alkanes) is 5. The fourth-order valence-corrected chi connectivity index (χ4v) is 3.29. The maximum atomic E-state index is 12.8. The van der Waals surface area contributed by atoms with E-state index in [0.717, 1.165) is 38.5 Å². The molecule has 184 valence electrons. The lowest BCUT2D eigenvalue weighted by molar-refractivity contribution is -0.129. The van der Waals surface area contributed by atoms with Crippen LogP contribution in [0.1, 0.15) is 78.1 Å². The van der Waals surface area contributed by atoms with Crippen LogP contribution < -0.4 is 21.3 Å². The summed E-state index contributed by atoms with van der Waals surface area (Å²) in [6, 6.07) is -0.769. The quantitative estimate of drug-likeness (QED) is 0.0550. The van der Waals surface area contributed by atoms with Crippen molar-refractivity contribution in [3.05, 3.63) is 12.7 Å². The average molecular weight is 453 g/mol. The molecule has 9 nitrogen and oxygen atoms in total. The molecule has 7 N–H and O–H groups in total. The van der Waals surface area contributed by atoms with Gasteiger partial charge >= 0.3 is 7.12 Å². The largest absolute Gasteiger partial charge is 0.475 e. The van der Waals surface area contributed by atoms with Gasteiger partial charge in [0, 0.05) is 20.0 Å². The second-order valence-corrected chi connectivity index (χ2v) is 8.57. The first-order chi connectivity index (χ1) is 15.2. The van der Waals surface area contributed by atoms with E-state index < -0.39 is 25.0 Å². The number of carbonyl (C=O) groups is 2. The molecule has 0 aliphatic carbocycles. The summed E-state index contributed by atoms with van der Waals surface area (Å²) >= 11 is 0. The standard InChI is InChI=1S/C22H44BN5O4/c1-5-6-7-8-9-10-11-14-20(29)27-18(13-12-15-26-22(24)25-4)21(30)28-19(23(31)32)16-17(2)3/h5,17-19,31-32H,1,6-16H2,2-4H3,(H,27,29)(H,28,30)(H3,24,25,26)/t18-,19-/m0/s1. The van der Waals surface area contributed by atoms with Crippen molar-refractivity contribution in [2.75, 3.05) is 13.6 Å². The molecule has 0 aliphatic heterocycles. The molecule has 0 saturated heterocycles. The molecular formula is C22H44BN5O4. The molecule has 0 spiro atoms. The lowest BCUT2D eigenvalue weighted by Crippen LogP contribution is -2.54. The van der Waals surface area contributed by atoms with E-state index in [1.54, 1.807) is 7.05 Å². The smallest absolute Gasteiger partial charge is 0.426 e. The SMILES string of the molecule is C=CCCCCCCCC(=O)N[C@@H](CCCNC(=N)NC)C(=O)N[C@@H](CC(C)C)B(O)O. The topological polar surface area (TPSA) is 147 Å². The number of rotatable bonds is 18. The Balaban J connectivity index is 4.72. The minimum atomic E-state index is -1.67. The molecule has 2 atom stereocenters. The zero-order chi connectivity index (χ0) is 24.4. The summed E-state index contributed by atoms with van der Waals surface area (Å²) in [5.41, 5.74) is 0. The number of amides is 2. The van der Waals surface area contributed by atoms with Crippen LogP contribution in [0.15, 0.2) is 12.7 Å². The first kappa shape index (κ1) is 29.9. The summed E-state index contributed by atoms with van der Waals surface area (Å²) in [6.07, 6.45) is 9.66. The maximum absolute atomic E-state index is 12.8. The Morgan fingerprint density at radius 3 is 2.31 bits per heavy atom. The Labute approximate surface area is 193 Å². The monoisotopic (exact) mass is 453 g/mol. The number of hydrogen-bond donors (Lipinski definition) is 7. The first-order valence-electron chi connectivity index (χ1n) is 11.8. The molecule has 0 rings (SSSR count). The lowest BCUT2D eigenvalue weighted by Gasteiger charge is -2.24. The van der Waals surface area contributed by atoms with Crippen LogP contribution in [0.5, 0.6) is 0 Å². The Morgan fingerprint density at radius 1 is 1.06 bits per heavy atom. The van der Waals surface area contributed by atoms with Crippen molar-refractivity contribution < 1.29 is 19.6 Å². The van der Waals surface area contributed by atoms with Crippen molar-refractivity contribution in [3.8, 4) is 0 Å². The number of carbonyl (C=O) groups excluding carboxylic acids is 2. The predicted octanol–water partition coefficient (Wildman–Crippen LogP) is 1.45. The highest BCUT2D eigenvalue weighted by Crippen LogP contribution is 2.09. The highest BCUT2D eigenvalue weighted by molar-refractivity contribution is 6.43. The Morgan fingerprint density at radius 2 is 1.72 bits per heavy atom. The molecule has 0 bridgehead atoms. The molecular weight excluding hydrogens is 409 g/mol. The van der Waals surface area contributed by atoms with Gasteiger partial charge in [0.25, 0.3) is 0 Å². The number of allylic oxidation sites excluding steroid dienone is 1. The molecule has 0 aromatic carbocycles. The molecule has 0 fully saturated rings. The normalized spacial score (nSPS) is 12.6. The molecule has 2 amide bonds. The Bertz CT molecular complexity index is 560. The summed E-state index contributed by atoms with van der Waals surface area (Å²) in [7, 11) is -0.0306. The van der Waals surface area contributed by atoms with E-state index in [-0.39, 0.29) is 17.8 Å². The molecule has 0 aromatic rings. The minimum Gasteiger partial charge on any atom is -0.426 e. The van der Waals surface area contributed by atoms with Gasteiger partial charge in [-0.2, -0.15) is 0 Å². The number of hydrogen-bond acceptors (Lipinski definition) is 5. The van der Waals surface area contributed by atoms with Crippen molar-refractivity contribution in [1.82, 2.24) is 21.3 Å². The van der Waals surface area contributed by atoms with Gasteiger partial charge in [-0.1, -0.05) is 39.2 Å². The van der Waals surface area contributed by atoms with Crippen LogP contribution in [0.4, 0.5) is 0 Å². The second-order valence-electron chi connectivity index (χ2n) is 8.57. The summed E-state index contributed by atoms with van der Waals surface area (Å²) in [4.78, 5) is 25.2. The van der Waals surface area contributed by atoms with Crippen molar-refractivity contribution in [2.24, 2.45) is 5.92 Å². The molecule has 0 unspecified atom stereocenters. The van der Waals surface area contributed by atoms with Gasteiger partial charge in [0.1, 0.15) is 6.04 Å². The molecule has 0 radical (unpaired) electrons. The van der Waals surface area contributed by atoms with E-state index in [9.17, 15) is 19.6 Å². The zero-order valence-corrected chi connectivity index (χ0v) is 20.1. The maximum Gasteiger partial charge on any atom is 0.475 e. The average Bonchev–Trinajstić information content (AvgIpc) is 2.73. The van der Waals surface area contributed by atoms with Crippen LogP contribution in [0.2, 0.25) is 0 Å². The zero-order valence-electron chi connectivity index (χ0n) is 20.1. The van der Waals surface area contributed by atoms with E-state index >= 15 is 0 Å².